The van der Waals surface area contributed by atoms with Gasteiger partial charge in [-0.2, -0.15) is 0 Å². The lowest BCUT2D eigenvalue weighted by atomic mass is 10.2. The Bertz CT molecular complexity index is 406. The minimum Gasteiger partial charge on any atom is -0.324 e. The van der Waals surface area contributed by atoms with Crippen molar-refractivity contribution < 1.29 is 4.39 Å². The topological polar surface area (TPSA) is 62.4 Å². The lowest BCUT2D eigenvalue weighted by molar-refractivity contribution is 0.628. The third-order valence-corrected chi connectivity index (χ3v) is 2.62. The highest BCUT2D eigenvalue weighted by atomic mass is 79.9. The number of nitrogens with zero attached hydrogens (tertiary/aromatic N) is 1. The quantitative estimate of drug-likeness (QED) is 0.348. The van der Waals surface area contributed by atoms with Gasteiger partial charge in [-0.25, -0.2) is 10.2 Å². The first kappa shape index (κ1) is 13.9. The fraction of sp³-hybridized carbons (Fsp3) is 0.364. The molecular weight excluding hydrogens is 287 g/mol. The zero-order valence-electron chi connectivity index (χ0n) is 9.80. The Morgan fingerprint density at radius 2 is 2.24 bits per heavy atom. The molecule has 0 unspecified atom stereocenters. The molecule has 0 aliphatic heterocycles. The van der Waals surface area contributed by atoms with Crippen molar-refractivity contribution in [2.24, 2.45) is 16.8 Å². The third-order valence-electron chi connectivity index (χ3n) is 1.93. The van der Waals surface area contributed by atoms with E-state index in [0.29, 0.717) is 24.1 Å². The van der Waals surface area contributed by atoms with E-state index in [9.17, 15) is 4.39 Å². The predicted octanol–water partition coefficient (Wildman–Crippen LogP) is 2.48. The van der Waals surface area contributed by atoms with Gasteiger partial charge >= 0.3 is 0 Å². The van der Waals surface area contributed by atoms with E-state index in [1.54, 1.807) is 6.07 Å². The number of nitrogens with two attached hydrogens (primary N) is 1. The van der Waals surface area contributed by atoms with E-state index < -0.39 is 0 Å². The van der Waals surface area contributed by atoms with Crippen LogP contribution in [0.5, 0.6) is 0 Å². The monoisotopic (exact) mass is 302 g/mol. The zero-order chi connectivity index (χ0) is 12.8. The zero-order valence-corrected chi connectivity index (χ0v) is 11.4. The van der Waals surface area contributed by atoms with Crippen LogP contribution in [-0.2, 0) is 0 Å². The number of hydrogen-bond donors (Lipinski definition) is 3. The molecule has 0 saturated carbocycles. The van der Waals surface area contributed by atoms with Crippen LogP contribution in [0.1, 0.15) is 13.8 Å². The second-order valence-electron chi connectivity index (χ2n) is 3.98. The van der Waals surface area contributed by atoms with Crippen LogP contribution in [0.25, 0.3) is 0 Å². The third kappa shape index (κ3) is 4.70. The number of hydrogen-bond acceptors (Lipinski definition) is 2. The largest absolute Gasteiger partial charge is 0.324 e. The molecule has 0 atom stereocenters. The van der Waals surface area contributed by atoms with E-state index in [1.165, 1.54) is 12.1 Å². The molecule has 0 saturated heterocycles. The number of hydrazine groups is 1. The summed E-state index contributed by atoms with van der Waals surface area (Å²) in [4.78, 5) is 4.23. The highest BCUT2D eigenvalue weighted by Gasteiger charge is 2.04. The van der Waals surface area contributed by atoms with E-state index in [4.69, 9.17) is 5.84 Å². The first-order valence-electron chi connectivity index (χ1n) is 5.26. The molecule has 0 heterocycles. The Labute approximate surface area is 109 Å². The van der Waals surface area contributed by atoms with Gasteiger partial charge in [0.05, 0.1) is 5.69 Å². The number of nitrogens with one attached hydrogen (secondary N) is 2. The van der Waals surface area contributed by atoms with Crippen LogP contribution in [0.15, 0.2) is 27.7 Å². The van der Waals surface area contributed by atoms with Crippen molar-refractivity contribution in [2.75, 3.05) is 11.9 Å². The molecule has 1 aromatic carbocycles. The smallest absolute Gasteiger partial charge is 0.210 e. The van der Waals surface area contributed by atoms with E-state index in [2.05, 4.69) is 45.5 Å². The van der Waals surface area contributed by atoms with Crippen molar-refractivity contribution in [3.63, 3.8) is 0 Å². The number of guanidine groups is 1. The maximum absolute atomic E-state index is 13.1. The molecule has 0 radical (unpaired) electrons. The van der Waals surface area contributed by atoms with Crippen LogP contribution in [0.2, 0.25) is 0 Å². The second kappa shape index (κ2) is 6.56. The molecule has 1 aromatic rings. The average molecular weight is 303 g/mol. The van der Waals surface area contributed by atoms with Crippen molar-refractivity contribution in [1.82, 2.24) is 5.43 Å². The maximum atomic E-state index is 13.1. The molecule has 6 heteroatoms. The Morgan fingerprint density at radius 1 is 1.53 bits per heavy atom. The minimum atomic E-state index is -0.323. The van der Waals surface area contributed by atoms with E-state index in [0.717, 1.165) is 4.47 Å². The van der Waals surface area contributed by atoms with E-state index in [-0.39, 0.29) is 5.82 Å². The fourth-order valence-corrected chi connectivity index (χ4v) is 1.46. The molecule has 0 aliphatic carbocycles. The highest BCUT2D eigenvalue weighted by Crippen LogP contribution is 2.22. The lowest BCUT2D eigenvalue weighted by Crippen LogP contribution is -2.36. The molecule has 0 aliphatic rings. The van der Waals surface area contributed by atoms with Gasteiger partial charge in [-0.15, -0.1) is 0 Å². The molecule has 4 nitrogen and oxygen atoms in total. The van der Waals surface area contributed by atoms with Crippen LogP contribution in [0.3, 0.4) is 0 Å². The average Bonchev–Trinajstić information content (AvgIpc) is 2.28. The van der Waals surface area contributed by atoms with Crippen LogP contribution < -0.4 is 16.6 Å². The van der Waals surface area contributed by atoms with Crippen LogP contribution in [0, 0.1) is 11.7 Å². The summed E-state index contributed by atoms with van der Waals surface area (Å²) in [6.45, 7) is 4.74. The Kier molecular flexibility index (Phi) is 5.37. The molecule has 0 spiro atoms. The number of benzene rings is 1. The van der Waals surface area contributed by atoms with Gasteiger partial charge in [0.1, 0.15) is 5.82 Å². The summed E-state index contributed by atoms with van der Waals surface area (Å²) in [5.41, 5.74) is 3.02. The molecule has 0 amide bonds. The first-order valence-corrected chi connectivity index (χ1v) is 6.05. The van der Waals surface area contributed by atoms with Gasteiger partial charge in [-0.1, -0.05) is 13.8 Å². The number of aliphatic imine (C=N–C) groups is 1. The van der Waals surface area contributed by atoms with Crippen LogP contribution >= 0.6 is 15.9 Å². The van der Waals surface area contributed by atoms with Crippen LogP contribution in [-0.4, -0.2) is 12.5 Å². The molecular formula is C11H16BrFN4. The summed E-state index contributed by atoms with van der Waals surface area (Å²) < 4.78 is 13.8. The van der Waals surface area contributed by atoms with Crippen LogP contribution in [0.4, 0.5) is 10.1 Å². The Balaban J connectivity index is 2.80. The van der Waals surface area contributed by atoms with Crippen molar-refractivity contribution in [2.45, 2.75) is 13.8 Å². The van der Waals surface area contributed by atoms with Gasteiger partial charge in [0, 0.05) is 11.0 Å². The minimum absolute atomic E-state index is 0.323. The van der Waals surface area contributed by atoms with Gasteiger partial charge in [0.15, 0.2) is 0 Å². The summed E-state index contributed by atoms with van der Waals surface area (Å²) >= 11 is 3.32. The lowest BCUT2D eigenvalue weighted by Gasteiger charge is -2.11. The van der Waals surface area contributed by atoms with Gasteiger partial charge in [0.25, 0.3) is 0 Å². The van der Waals surface area contributed by atoms with Gasteiger partial charge in [-0.05, 0) is 40.0 Å². The summed E-state index contributed by atoms with van der Waals surface area (Å²) in [6, 6.07) is 4.36. The summed E-state index contributed by atoms with van der Waals surface area (Å²) in [7, 11) is 0. The fourth-order valence-electron chi connectivity index (χ4n) is 1.12. The van der Waals surface area contributed by atoms with Crippen molar-refractivity contribution >= 4 is 27.6 Å². The summed E-state index contributed by atoms with van der Waals surface area (Å²) in [6.07, 6.45) is 0. The van der Waals surface area contributed by atoms with E-state index >= 15 is 0 Å². The standard InChI is InChI=1S/C11H16BrFN4/c1-7(2)6-15-11(17-14)16-10-5-8(13)3-4-9(10)12/h3-5,7H,6,14H2,1-2H3,(H2,15,16,17). The van der Waals surface area contributed by atoms with Gasteiger partial charge in [0.2, 0.25) is 5.96 Å². The molecule has 4 N–H and O–H groups in total. The molecule has 0 aromatic heterocycles. The SMILES string of the molecule is CC(C)CN=C(NN)Nc1cc(F)ccc1Br. The maximum Gasteiger partial charge on any atom is 0.210 e. The van der Waals surface area contributed by atoms with E-state index in [1.807, 2.05) is 0 Å². The number of rotatable bonds is 3. The van der Waals surface area contributed by atoms with Crippen molar-refractivity contribution in [3.8, 4) is 0 Å². The Morgan fingerprint density at radius 3 is 2.82 bits per heavy atom. The van der Waals surface area contributed by atoms with Crippen molar-refractivity contribution in [1.29, 1.82) is 0 Å². The number of halogens is 2. The molecule has 0 fully saturated rings. The Hall–Kier alpha value is -1.14. The summed E-state index contributed by atoms with van der Waals surface area (Å²) in [5.74, 6) is 5.85. The van der Waals surface area contributed by atoms with Crippen molar-refractivity contribution in [3.05, 3.63) is 28.5 Å². The molecule has 1 rings (SSSR count). The van der Waals surface area contributed by atoms with Gasteiger partial charge in [-0.3, -0.25) is 10.4 Å². The molecule has 0 bridgehead atoms. The first-order chi connectivity index (χ1) is 8.02. The molecule has 17 heavy (non-hydrogen) atoms. The second-order valence-corrected chi connectivity index (χ2v) is 4.83. The normalized spacial score (nSPS) is 11.8. The molecule has 94 valence electrons. The predicted molar refractivity (Wildman–Crippen MR) is 72.2 cm³/mol. The summed E-state index contributed by atoms with van der Waals surface area (Å²) in [5, 5.41) is 2.92. The van der Waals surface area contributed by atoms with Gasteiger partial charge < -0.3 is 5.32 Å². The number of anilines is 1. The highest BCUT2D eigenvalue weighted by molar-refractivity contribution is 9.10.